The van der Waals surface area contributed by atoms with Crippen molar-refractivity contribution in [3.8, 4) is 0 Å². The van der Waals surface area contributed by atoms with Crippen LogP contribution in [0.15, 0.2) is 0 Å². The molecule has 0 aliphatic heterocycles. The Kier molecular flexibility index (Phi) is 5.30. The van der Waals surface area contributed by atoms with E-state index in [0.717, 1.165) is 12.0 Å². The van der Waals surface area contributed by atoms with Crippen LogP contribution in [-0.4, -0.2) is 36.6 Å². The molecule has 2 atom stereocenters. The lowest BCUT2D eigenvalue weighted by molar-refractivity contribution is 0.138. The van der Waals surface area contributed by atoms with Gasteiger partial charge in [0.05, 0.1) is 0 Å². The molecule has 0 aromatic rings. The average Bonchev–Trinajstić information content (AvgIpc) is 3.11. The van der Waals surface area contributed by atoms with Crippen LogP contribution in [0.4, 0.5) is 0 Å². The van der Waals surface area contributed by atoms with Crippen molar-refractivity contribution in [2.75, 3.05) is 19.6 Å². The Labute approximate surface area is 120 Å². The summed E-state index contributed by atoms with van der Waals surface area (Å²) in [7, 11) is 0. The number of hydrogen-bond acceptors (Lipinski definition) is 2. The van der Waals surface area contributed by atoms with Gasteiger partial charge in [0.2, 0.25) is 0 Å². The van der Waals surface area contributed by atoms with E-state index in [2.05, 4.69) is 37.9 Å². The van der Waals surface area contributed by atoms with Crippen molar-refractivity contribution in [1.29, 1.82) is 0 Å². The summed E-state index contributed by atoms with van der Waals surface area (Å²) in [5, 5.41) is 3.86. The Hall–Kier alpha value is -0.0800. The van der Waals surface area contributed by atoms with Crippen LogP contribution in [-0.2, 0) is 0 Å². The normalized spacial score (nSPS) is 30.2. The average molecular weight is 266 g/mol. The molecular formula is C17H34N2. The maximum atomic E-state index is 3.86. The summed E-state index contributed by atoms with van der Waals surface area (Å²) in [6, 6.07) is 1.47. The molecule has 19 heavy (non-hydrogen) atoms. The van der Waals surface area contributed by atoms with Crippen molar-refractivity contribution < 1.29 is 0 Å². The van der Waals surface area contributed by atoms with Gasteiger partial charge in [0.25, 0.3) is 0 Å². The van der Waals surface area contributed by atoms with Crippen LogP contribution in [0.25, 0.3) is 0 Å². The third kappa shape index (κ3) is 3.95. The Morgan fingerprint density at radius 3 is 2.42 bits per heavy atom. The Bertz CT molecular complexity index is 270. The first-order chi connectivity index (χ1) is 9.08. The summed E-state index contributed by atoms with van der Waals surface area (Å²) < 4.78 is 0. The van der Waals surface area contributed by atoms with E-state index < -0.39 is 0 Å². The van der Waals surface area contributed by atoms with Gasteiger partial charge in [-0.15, -0.1) is 0 Å². The van der Waals surface area contributed by atoms with E-state index in [1.165, 1.54) is 58.2 Å². The third-order valence-corrected chi connectivity index (χ3v) is 5.09. The topological polar surface area (TPSA) is 15.3 Å². The minimum Gasteiger partial charge on any atom is -0.312 e. The summed E-state index contributed by atoms with van der Waals surface area (Å²) in [6.07, 6.45) is 8.26. The lowest BCUT2D eigenvalue weighted by Crippen LogP contribution is -2.52. The molecule has 2 unspecified atom stereocenters. The number of hydrogen-bond donors (Lipinski definition) is 1. The summed E-state index contributed by atoms with van der Waals surface area (Å²) in [5.74, 6) is 1.02. The molecule has 2 aliphatic carbocycles. The minimum atomic E-state index is 0.468. The molecule has 0 saturated heterocycles. The molecule has 0 aromatic heterocycles. The fourth-order valence-corrected chi connectivity index (χ4v) is 3.78. The van der Waals surface area contributed by atoms with Gasteiger partial charge in [-0.2, -0.15) is 0 Å². The van der Waals surface area contributed by atoms with Crippen LogP contribution in [0.2, 0.25) is 0 Å². The van der Waals surface area contributed by atoms with E-state index in [-0.39, 0.29) is 0 Å². The van der Waals surface area contributed by atoms with E-state index in [0.29, 0.717) is 11.5 Å². The summed E-state index contributed by atoms with van der Waals surface area (Å²) >= 11 is 0. The molecule has 0 amide bonds. The van der Waals surface area contributed by atoms with Gasteiger partial charge in [-0.05, 0) is 62.9 Å². The maximum Gasteiger partial charge on any atom is 0.0274 e. The Morgan fingerprint density at radius 2 is 1.84 bits per heavy atom. The van der Waals surface area contributed by atoms with E-state index in [1.54, 1.807) is 0 Å². The molecule has 0 heterocycles. The van der Waals surface area contributed by atoms with Crippen LogP contribution in [0.5, 0.6) is 0 Å². The van der Waals surface area contributed by atoms with E-state index in [4.69, 9.17) is 0 Å². The SMILES string of the molecule is CCCNC1C(N(CCC)CC2CC2)CCC1(C)C. The van der Waals surface area contributed by atoms with Crippen molar-refractivity contribution in [3.05, 3.63) is 0 Å². The zero-order valence-corrected chi connectivity index (χ0v) is 13.5. The van der Waals surface area contributed by atoms with Gasteiger partial charge in [0.1, 0.15) is 0 Å². The van der Waals surface area contributed by atoms with Gasteiger partial charge in [-0.3, -0.25) is 4.90 Å². The second kappa shape index (κ2) is 6.58. The zero-order valence-electron chi connectivity index (χ0n) is 13.5. The monoisotopic (exact) mass is 266 g/mol. The molecule has 2 fully saturated rings. The molecule has 0 bridgehead atoms. The molecule has 0 radical (unpaired) electrons. The van der Waals surface area contributed by atoms with Crippen molar-refractivity contribution in [1.82, 2.24) is 10.2 Å². The Balaban J connectivity index is 2.00. The smallest absolute Gasteiger partial charge is 0.0274 e. The summed E-state index contributed by atoms with van der Waals surface area (Å²) in [6.45, 7) is 13.4. The van der Waals surface area contributed by atoms with E-state index in [1.807, 2.05) is 0 Å². The fourth-order valence-electron chi connectivity index (χ4n) is 3.78. The lowest BCUT2D eigenvalue weighted by Gasteiger charge is -2.38. The fraction of sp³-hybridized carbons (Fsp3) is 1.00. The van der Waals surface area contributed by atoms with Crippen molar-refractivity contribution in [2.45, 2.75) is 78.3 Å². The van der Waals surface area contributed by atoms with Crippen LogP contribution < -0.4 is 5.32 Å². The second-order valence-electron chi connectivity index (χ2n) is 7.46. The van der Waals surface area contributed by atoms with Gasteiger partial charge >= 0.3 is 0 Å². The predicted molar refractivity (Wildman–Crippen MR) is 83.5 cm³/mol. The number of rotatable bonds is 8. The predicted octanol–water partition coefficient (Wildman–Crippen LogP) is 3.67. The maximum absolute atomic E-state index is 3.86. The van der Waals surface area contributed by atoms with Gasteiger partial charge in [-0.1, -0.05) is 27.7 Å². The first-order valence-corrected chi connectivity index (χ1v) is 8.56. The summed E-state index contributed by atoms with van der Waals surface area (Å²) in [4.78, 5) is 2.82. The Morgan fingerprint density at radius 1 is 1.11 bits per heavy atom. The molecule has 2 saturated carbocycles. The highest BCUT2D eigenvalue weighted by molar-refractivity contribution is 5.01. The molecule has 112 valence electrons. The van der Waals surface area contributed by atoms with Crippen LogP contribution >= 0.6 is 0 Å². The largest absolute Gasteiger partial charge is 0.312 e. The van der Waals surface area contributed by atoms with E-state index >= 15 is 0 Å². The number of nitrogens with one attached hydrogen (secondary N) is 1. The van der Waals surface area contributed by atoms with Crippen LogP contribution in [0.1, 0.15) is 66.2 Å². The first kappa shape index (κ1) is 15.3. The quantitative estimate of drug-likeness (QED) is 0.721. The molecule has 2 aliphatic rings. The van der Waals surface area contributed by atoms with Crippen LogP contribution in [0.3, 0.4) is 0 Å². The highest BCUT2D eigenvalue weighted by Gasteiger charge is 2.44. The molecular weight excluding hydrogens is 232 g/mol. The molecule has 0 aromatic carbocycles. The summed E-state index contributed by atoms with van der Waals surface area (Å²) in [5.41, 5.74) is 0.468. The second-order valence-corrected chi connectivity index (χ2v) is 7.46. The van der Waals surface area contributed by atoms with E-state index in [9.17, 15) is 0 Å². The molecule has 1 N–H and O–H groups in total. The van der Waals surface area contributed by atoms with Gasteiger partial charge < -0.3 is 5.32 Å². The van der Waals surface area contributed by atoms with Crippen LogP contribution in [0, 0.1) is 11.3 Å². The molecule has 2 nitrogen and oxygen atoms in total. The molecule has 0 spiro atoms. The lowest BCUT2D eigenvalue weighted by atomic mass is 9.86. The highest BCUT2D eigenvalue weighted by Crippen LogP contribution is 2.41. The number of nitrogens with zero attached hydrogens (tertiary/aromatic N) is 1. The van der Waals surface area contributed by atoms with Crippen molar-refractivity contribution in [2.24, 2.45) is 11.3 Å². The zero-order chi connectivity index (χ0) is 13.9. The van der Waals surface area contributed by atoms with Gasteiger partial charge in [-0.25, -0.2) is 0 Å². The highest BCUT2D eigenvalue weighted by atomic mass is 15.2. The van der Waals surface area contributed by atoms with Gasteiger partial charge in [0.15, 0.2) is 0 Å². The first-order valence-electron chi connectivity index (χ1n) is 8.56. The third-order valence-electron chi connectivity index (χ3n) is 5.09. The minimum absolute atomic E-state index is 0.468. The van der Waals surface area contributed by atoms with Crippen molar-refractivity contribution >= 4 is 0 Å². The molecule has 2 rings (SSSR count). The standard InChI is InChI=1S/C17H34N2/c1-5-11-18-16-15(9-10-17(16,3)4)19(12-6-2)13-14-7-8-14/h14-16,18H,5-13H2,1-4H3. The van der Waals surface area contributed by atoms with Crippen molar-refractivity contribution in [3.63, 3.8) is 0 Å². The molecule has 2 heteroatoms. The van der Waals surface area contributed by atoms with Gasteiger partial charge in [0, 0.05) is 18.6 Å².